The molecule has 2 aromatic rings. The highest BCUT2D eigenvalue weighted by atomic mass is 16.3. The Kier molecular flexibility index (Phi) is 2.64. The number of hydrogen-bond donors (Lipinski definition) is 2. The van der Waals surface area contributed by atoms with Gasteiger partial charge in [-0.3, -0.25) is 9.89 Å². The maximum atomic E-state index is 12.0. The Bertz CT molecular complexity index is 541. The molecule has 0 saturated carbocycles. The number of hydrogen-bond acceptors (Lipinski definition) is 4. The minimum Gasteiger partial charge on any atom is -0.463 e. The van der Waals surface area contributed by atoms with Gasteiger partial charge < -0.3 is 14.4 Å². The van der Waals surface area contributed by atoms with Crippen molar-refractivity contribution in [3.8, 4) is 11.5 Å². The van der Waals surface area contributed by atoms with E-state index < -0.39 is 0 Å². The highest BCUT2D eigenvalue weighted by Gasteiger charge is 2.31. The Labute approximate surface area is 103 Å². The monoisotopic (exact) mass is 247 g/mol. The summed E-state index contributed by atoms with van der Waals surface area (Å²) in [7, 11) is 0. The maximum Gasteiger partial charge on any atom is 0.274 e. The molecule has 0 spiro atoms. The number of carbonyl (C=O) groups is 1. The van der Waals surface area contributed by atoms with E-state index >= 15 is 0 Å². The molecule has 2 aromatic heterocycles. The van der Waals surface area contributed by atoms with Crippen molar-refractivity contribution in [2.24, 2.45) is 5.92 Å². The SMILES string of the molecule is O=C(c1cc(-c2ccco2)[nH]n1)N1CC(CO)C1. The fourth-order valence-electron chi connectivity index (χ4n) is 2.00. The number of aromatic amines is 1. The first-order chi connectivity index (χ1) is 8.78. The normalized spacial score (nSPS) is 15.7. The van der Waals surface area contributed by atoms with Gasteiger partial charge in [-0.2, -0.15) is 5.10 Å². The third-order valence-corrected chi connectivity index (χ3v) is 3.09. The number of aliphatic hydroxyl groups is 1. The smallest absolute Gasteiger partial charge is 0.274 e. The fraction of sp³-hybridized carbons (Fsp3) is 0.333. The summed E-state index contributed by atoms with van der Waals surface area (Å²) in [6.45, 7) is 1.32. The number of aromatic nitrogens is 2. The second-order valence-corrected chi connectivity index (χ2v) is 4.40. The van der Waals surface area contributed by atoms with Crippen molar-refractivity contribution >= 4 is 5.91 Å². The summed E-state index contributed by atoms with van der Waals surface area (Å²) in [5.74, 6) is 0.740. The number of amides is 1. The molecule has 0 unspecified atom stereocenters. The van der Waals surface area contributed by atoms with Crippen molar-refractivity contribution in [1.82, 2.24) is 15.1 Å². The predicted octanol–water partition coefficient (Wildman–Crippen LogP) is 0.734. The summed E-state index contributed by atoms with van der Waals surface area (Å²) in [6.07, 6.45) is 1.57. The summed E-state index contributed by atoms with van der Waals surface area (Å²) >= 11 is 0. The lowest BCUT2D eigenvalue weighted by Crippen LogP contribution is -2.51. The van der Waals surface area contributed by atoms with Gasteiger partial charge in [-0.15, -0.1) is 0 Å². The van der Waals surface area contributed by atoms with Crippen LogP contribution in [0.4, 0.5) is 0 Å². The number of aliphatic hydroxyl groups excluding tert-OH is 1. The number of carbonyl (C=O) groups excluding carboxylic acids is 1. The van der Waals surface area contributed by atoms with Crippen molar-refractivity contribution < 1.29 is 14.3 Å². The summed E-state index contributed by atoms with van der Waals surface area (Å²) in [4.78, 5) is 13.7. The Morgan fingerprint density at radius 2 is 2.44 bits per heavy atom. The van der Waals surface area contributed by atoms with Crippen LogP contribution in [0, 0.1) is 5.92 Å². The van der Waals surface area contributed by atoms with Crippen molar-refractivity contribution in [3.63, 3.8) is 0 Å². The summed E-state index contributed by atoms with van der Waals surface area (Å²) < 4.78 is 5.22. The van der Waals surface area contributed by atoms with Crippen molar-refractivity contribution in [2.45, 2.75) is 0 Å². The largest absolute Gasteiger partial charge is 0.463 e. The lowest BCUT2D eigenvalue weighted by atomic mass is 10.0. The van der Waals surface area contributed by atoms with Crippen LogP contribution in [0.25, 0.3) is 11.5 Å². The average molecular weight is 247 g/mol. The third-order valence-electron chi connectivity index (χ3n) is 3.09. The first-order valence-corrected chi connectivity index (χ1v) is 5.77. The molecular formula is C12H13N3O3. The summed E-state index contributed by atoms with van der Waals surface area (Å²) in [5.41, 5.74) is 1.06. The zero-order chi connectivity index (χ0) is 12.5. The molecule has 18 heavy (non-hydrogen) atoms. The standard InChI is InChI=1S/C12H13N3O3/c16-7-8-5-15(6-8)12(17)10-4-9(13-14-10)11-2-1-3-18-11/h1-4,8,16H,5-7H2,(H,13,14). The number of nitrogens with one attached hydrogen (secondary N) is 1. The molecule has 3 heterocycles. The van der Waals surface area contributed by atoms with Gasteiger partial charge in [-0.25, -0.2) is 0 Å². The van der Waals surface area contributed by atoms with Gasteiger partial charge in [0.05, 0.1) is 6.26 Å². The Morgan fingerprint density at radius 3 is 3.11 bits per heavy atom. The maximum absolute atomic E-state index is 12.0. The molecule has 0 aliphatic carbocycles. The van der Waals surface area contributed by atoms with E-state index in [4.69, 9.17) is 9.52 Å². The quantitative estimate of drug-likeness (QED) is 0.837. The number of rotatable bonds is 3. The van der Waals surface area contributed by atoms with Gasteiger partial charge in [-0.05, 0) is 12.1 Å². The summed E-state index contributed by atoms with van der Waals surface area (Å²) in [5, 5.41) is 15.7. The lowest BCUT2D eigenvalue weighted by molar-refractivity contribution is 0.0356. The van der Waals surface area contributed by atoms with Crippen LogP contribution >= 0.6 is 0 Å². The van der Waals surface area contributed by atoms with E-state index in [1.54, 1.807) is 29.4 Å². The second-order valence-electron chi connectivity index (χ2n) is 4.40. The van der Waals surface area contributed by atoms with E-state index in [0.29, 0.717) is 30.2 Å². The molecule has 0 bridgehead atoms. The molecule has 1 fully saturated rings. The molecule has 94 valence electrons. The van der Waals surface area contributed by atoms with E-state index in [2.05, 4.69) is 10.2 Å². The average Bonchev–Trinajstić information content (AvgIpc) is 2.98. The molecule has 1 saturated heterocycles. The van der Waals surface area contributed by atoms with Gasteiger partial charge in [0.25, 0.3) is 5.91 Å². The second kappa shape index (κ2) is 4.30. The number of H-pyrrole nitrogens is 1. The third kappa shape index (κ3) is 1.80. The predicted molar refractivity (Wildman–Crippen MR) is 62.8 cm³/mol. The zero-order valence-electron chi connectivity index (χ0n) is 9.67. The van der Waals surface area contributed by atoms with Crippen LogP contribution < -0.4 is 0 Å². The molecule has 1 aliphatic rings. The van der Waals surface area contributed by atoms with E-state index in [9.17, 15) is 4.79 Å². The van der Waals surface area contributed by atoms with Crippen molar-refractivity contribution in [3.05, 3.63) is 30.2 Å². The van der Waals surface area contributed by atoms with E-state index in [0.717, 1.165) is 0 Å². The lowest BCUT2D eigenvalue weighted by Gasteiger charge is -2.37. The number of nitrogens with zero attached hydrogens (tertiary/aromatic N) is 2. The molecule has 3 rings (SSSR count). The molecule has 1 aliphatic heterocycles. The van der Waals surface area contributed by atoms with E-state index in [1.165, 1.54) is 0 Å². The molecule has 6 heteroatoms. The van der Waals surface area contributed by atoms with Gasteiger partial charge >= 0.3 is 0 Å². The highest BCUT2D eigenvalue weighted by molar-refractivity contribution is 5.93. The van der Waals surface area contributed by atoms with Crippen LogP contribution in [0.5, 0.6) is 0 Å². The van der Waals surface area contributed by atoms with Crippen LogP contribution in [0.2, 0.25) is 0 Å². The minimum absolute atomic E-state index is 0.117. The Morgan fingerprint density at radius 1 is 1.61 bits per heavy atom. The minimum atomic E-state index is -0.117. The first-order valence-electron chi connectivity index (χ1n) is 5.77. The summed E-state index contributed by atoms with van der Waals surface area (Å²) in [6, 6.07) is 5.25. The molecular weight excluding hydrogens is 234 g/mol. The van der Waals surface area contributed by atoms with Gasteiger partial charge in [0.15, 0.2) is 11.5 Å². The molecule has 2 N–H and O–H groups in total. The van der Waals surface area contributed by atoms with Crippen LogP contribution in [0.1, 0.15) is 10.5 Å². The van der Waals surface area contributed by atoms with Crippen LogP contribution in [0.15, 0.2) is 28.9 Å². The highest BCUT2D eigenvalue weighted by Crippen LogP contribution is 2.21. The molecule has 1 amide bonds. The molecule has 0 atom stereocenters. The van der Waals surface area contributed by atoms with Crippen molar-refractivity contribution in [2.75, 3.05) is 19.7 Å². The van der Waals surface area contributed by atoms with Crippen LogP contribution in [-0.2, 0) is 0 Å². The number of furan rings is 1. The Balaban J connectivity index is 1.72. The van der Waals surface area contributed by atoms with Crippen LogP contribution in [0.3, 0.4) is 0 Å². The van der Waals surface area contributed by atoms with Gasteiger partial charge in [0.1, 0.15) is 5.69 Å². The van der Waals surface area contributed by atoms with Gasteiger partial charge in [-0.1, -0.05) is 0 Å². The molecule has 0 radical (unpaired) electrons. The first kappa shape index (κ1) is 11.0. The van der Waals surface area contributed by atoms with Crippen molar-refractivity contribution in [1.29, 1.82) is 0 Å². The molecule has 6 nitrogen and oxygen atoms in total. The fourth-order valence-corrected chi connectivity index (χ4v) is 2.00. The van der Waals surface area contributed by atoms with E-state index in [-0.39, 0.29) is 18.4 Å². The number of likely N-dealkylation sites (tertiary alicyclic amines) is 1. The topological polar surface area (TPSA) is 82.4 Å². The van der Waals surface area contributed by atoms with E-state index in [1.807, 2.05) is 0 Å². The molecule has 0 aromatic carbocycles. The van der Waals surface area contributed by atoms with Gasteiger partial charge in [0.2, 0.25) is 0 Å². The van der Waals surface area contributed by atoms with Gasteiger partial charge in [0, 0.05) is 31.7 Å². The zero-order valence-corrected chi connectivity index (χ0v) is 9.67. The van der Waals surface area contributed by atoms with Crippen LogP contribution in [-0.4, -0.2) is 45.8 Å². The Hall–Kier alpha value is -2.08.